The Balaban J connectivity index is 2.14. The molecule has 1 aromatic rings. The van der Waals surface area contributed by atoms with E-state index in [0.29, 0.717) is 38.0 Å². The van der Waals surface area contributed by atoms with Crippen molar-refractivity contribution < 1.29 is 14.2 Å². The van der Waals surface area contributed by atoms with Gasteiger partial charge in [-0.25, -0.2) is 4.98 Å². The molecule has 2 N–H and O–H groups in total. The predicted octanol–water partition coefficient (Wildman–Crippen LogP) is 1.86. The highest BCUT2D eigenvalue weighted by atomic mass is 79.9. The molecular weight excluding hydrogens is 288 g/mol. The zero-order chi connectivity index (χ0) is 12.5. The lowest BCUT2D eigenvalue weighted by Gasteiger charge is -2.07. The average molecular weight is 305 g/mol. The van der Waals surface area contributed by atoms with Crippen LogP contribution in [0.25, 0.3) is 0 Å². The molecule has 0 spiro atoms. The van der Waals surface area contributed by atoms with Crippen LogP contribution in [0.15, 0.2) is 16.7 Å². The lowest BCUT2D eigenvalue weighted by molar-refractivity contribution is 0.0641. The molecule has 0 fully saturated rings. The molecule has 17 heavy (non-hydrogen) atoms. The van der Waals surface area contributed by atoms with Crippen LogP contribution in [0.3, 0.4) is 0 Å². The standard InChI is InChI=1S/C11H17BrN2O3/c1-15-5-6-16-3-2-4-17-11-10(12)7-9(13)8-14-11/h7-8H,2-6,13H2,1H3. The number of hydrogen-bond acceptors (Lipinski definition) is 5. The number of pyridine rings is 1. The zero-order valence-electron chi connectivity index (χ0n) is 9.82. The van der Waals surface area contributed by atoms with Crippen molar-refractivity contribution >= 4 is 21.6 Å². The maximum Gasteiger partial charge on any atom is 0.228 e. The summed E-state index contributed by atoms with van der Waals surface area (Å²) in [6.45, 7) is 2.44. The maximum absolute atomic E-state index is 5.57. The number of nitrogen functional groups attached to an aromatic ring is 1. The lowest BCUT2D eigenvalue weighted by Crippen LogP contribution is -2.07. The quantitative estimate of drug-likeness (QED) is 0.743. The molecule has 0 aromatic carbocycles. The highest BCUT2D eigenvalue weighted by molar-refractivity contribution is 9.10. The SMILES string of the molecule is COCCOCCCOc1ncc(N)cc1Br. The van der Waals surface area contributed by atoms with Gasteiger partial charge in [0.25, 0.3) is 0 Å². The molecule has 6 heteroatoms. The highest BCUT2D eigenvalue weighted by Gasteiger charge is 2.02. The van der Waals surface area contributed by atoms with E-state index in [2.05, 4.69) is 20.9 Å². The van der Waals surface area contributed by atoms with E-state index in [-0.39, 0.29) is 0 Å². The van der Waals surface area contributed by atoms with Gasteiger partial charge in [-0.2, -0.15) is 0 Å². The van der Waals surface area contributed by atoms with E-state index in [1.165, 1.54) is 0 Å². The normalized spacial score (nSPS) is 10.5. The molecule has 0 aliphatic rings. The summed E-state index contributed by atoms with van der Waals surface area (Å²) in [5, 5.41) is 0. The van der Waals surface area contributed by atoms with Crippen LogP contribution in [0.4, 0.5) is 5.69 Å². The molecule has 0 aliphatic heterocycles. The molecule has 0 atom stereocenters. The Hall–Kier alpha value is -0.850. The first-order valence-electron chi connectivity index (χ1n) is 5.34. The molecule has 1 heterocycles. The van der Waals surface area contributed by atoms with Crippen molar-refractivity contribution in [3.63, 3.8) is 0 Å². The van der Waals surface area contributed by atoms with Crippen LogP contribution in [0, 0.1) is 0 Å². The number of halogens is 1. The molecule has 0 unspecified atom stereocenters. The van der Waals surface area contributed by atoms with E-state index in [1.54, 1.807) is 19.4 Å². The van der Waals surface area contributed by atoms with Gasteiger partial charge >= 0.3 is 0 Å². The first-order valence-corrected chi connectivity index (χ1v) is 6.14. The Morgan fingerprint density at radius 2 is 2.12 bits per heavy atom. The summed E-state index contributed by atoms with van der Waals surface area (Å²) in [6, 6.07) is 1.76. The molecule has 0 amide bonds. The minimum atomic E-state index is 0.552. The van der Waals surface area contributed by atoms with Crippen LogP contribution in [0.2, 0.25) is 0 Å². The number of nitrogens with zero attached hydrogens (tertiary/aromatic N) is 1. The summed E-state index contributed by atoms with van der Waals surface area (Å²) >= 11 is 3.34. The third kappa shape index (κ3) is 5.86. The van der Waals surface area contributed by atoms with Crippen molar-refractivity contribution in [1.82, 2.24) is 4.98 Å². The van der Waals surface area contributed by atoms with Crippen LogP contribution >= 0.6 is 15.9 Å². The Bertz CT molecular complexity index is 336. The van der Waals surface area contributed by atoms with Gasteiger partial charge in [0, 0.05) is 20.1 Å². The Kier molecular flexibility index (Phi) is 6.91. The molecule has 0 saturated heterocycles. The van der Waals surface area contributed by atoms with Gasteiger partial charge in [0.1, 0.15) is 0 Å². The summed E-state index contributed by atoms with van der Waals surface area (Å²) in [5.74, 6) is 0.552. The minimum absolute atomic E-state index is 0.552. The van der Waals surface area contributed by atoms with Crippen molar-refractivity contribution in [1.29, 1.82) is 0 Å². The fourth-order valence-electron chi connectivity index (χ4n) is 1.12. The number of hydrogen-bond donors (Lipinski definition) is 1. The van der Waals surface area contributed by atoms with E-state index < -0.39 is 0 Å². The molecule has 1 aromatic heterocycles. The first-order chi connectivity index (χ1) is 8.24. The van der Waals surface area contributed by atoms with Gasteiger partial charge in [-0.3, -0.25) is 0 Å². The summed E-state index contributed by atoms with van der Waals surface area (Å²) < 4.78 is 16.4. The number of methoxy groups -OCH3 is 1. The number of anilines is 1. The molecular formula is C11H17BrN2O3. The average Bonchev–Trinajstić information content (AvgIpc) is 2.30. The van der Waals surface area contributed by atoms with E-state index >= 15 is 0 Å². The van der Waals surface area contributed by atoms with E-state index in [0.717, 1.165) is 10.9 Å². The van der Waals surface area contributed by atoms with Crippen LogP contribution in [0.5, 0.6) is 5.88 Å². The number of rotatable bonds is 8. The van der Waals surface area contributed by atoms with E-state index in [4.69, 9.17) is 19.9 Å². The van der Waals surface area contributed by atoms with Crippen molar-refractivity contribution in [2.45, 2.75) is 6.42 Å². The minimum Gasteiger partial charge on any atom is -0.477 e. The number of ether oxygens (including phenoxy) is 3. The molecule has 96 valence electrons. The summed E-state index contributed by atoms with van der Waals surface area (Å²) in [7, 11) is 1.65. The van der Waals surface area contributed by atoms with Gasteiger partial charge in [-0.15, -0.1) is 0 Å². The van der Waals surface area contributed by atoms with Gasteiger partial charge in [0.15, 0.2) is 0 Å². The second-order valence-corrected chi connectivity index (χ2v) is 4.22. The highest BCUT2D eigenvalue weighted by Crippen LogP contribution is 2.23. The molecule has 1 rings (SSSR count). The fraction of sp³-hybridized carbons (Fsp3) is 0.545. The van der Waals surface area contributed by atoms with Crippen LogP contribution < -0.4 is 10.5 Å². The van der Waals surface area contributed by atoms with Crippen molar-refractivity contribution in [2.24, 2.45) is 0 Å². The molecule has 0 aliphatic carbocycles. The molecule has 5 nitrogen and oxygen atoms in total. The zero-order valence-corrected chi connectivity index (χ0v) is 11.4. The van der Waals surface area contributed by atoms with Crippen molar-refractivity contribution in [2.75, 3.05) is 39.3 Å². The van der Waals surface area contributed by atoms with Crippen molar-refractivity contribution in [3.8, 4) is 5.88 Å². The predicted molar refractivity (Wildman–Crippen MR) is 69.2 cm³/mol. The maximum atomic E-state index is 5.57. The summed E-state index contributed by atoms with van der Waals surface area (Å²) in [6.07, 6.45) is 2.37. The monoisotopic (exact) mass is 304 g/mol. The Morgan fingerprint density at radius 3 is 2.82 bits per heavy atom. The molecule has 0 saturated carbocycles. The third-order valence-corrected chi connectivity index (χ3v) is 2.50. The van der Waals surface area contributed by atoms with Crippen LogP contribution in [-0.2, 0) is 9.47 Å². The van der Waals surface area contributed by atoms with E-state index in [1.807, 2.05) is 0 Å². The Morgan fingerprint density at radius 1 is 1.29 bits per heavy atom. The first kappa shape index (κ1) is 14.2. The lowest BCUT2D eigenvalue weighted by atomic mass is 10.4. The van der Waals surface area contributed by atoms with Gasteiger partial charge in [-0.1, -0.05) is 0 Å². The molecule has 0 radical (unpaired) electrons. The third-order valence-electron chi connectivity index (χ3n) is 1.93. The Labute approximate surface area is 109 Å². The van der Waals surface area contributed by atoms with Crippen LogP contribution in [0.1, 0.15) is 6.42 Å². The van der Waals surface area contributed by atoms with Gasteiger partial charge in [0.05, 0.1) is 36.2 Å². The summed E-state index contributed by atoms with van der Waals surface area (Å²) in [4.78, 5) is 4.07. The summed E-state index contributed by atoms with van der Waals surface area (Å²) in [5.41, 5.74) is 6.17. The van der Waals surface area contributed by atoms with Crippen LogP contribution in [-0.4, -0.2) is 38.5 Å². The second-order valence-electron chi connectivity index (χ2n) is 3.36. The number of nitrogens with two attached hydrogens (primary N) is 1. The topological polar surface area (TPSA) is 66.6 Å². The van der Waals surface area contributed by atoms with E-state index in [9.17, 15) is 0 Å². The van der Waals surface area contributed by atoms with Crippen molar-refractivity contribution in [3.05, 3.63) is 16.7 Å². The van der Waals surface area contributed by atoms with Gasteiger partial charge in [-0.05, 0) is 22.0 Å². The van der Waals surface area contributed by atoms with Gasteiger partial charge in [0.2, 0.25) is 5.88 Å². The van der Waals surface area contributed by atoms with Gasteiger partial charge < -0.3 is 19.9 Å². The molecule has 0 bridgehead atoms. The fourth-order valence-corrected chi connectivity index (χ4v) is 1.60. The largest absolute Gasteiger partial charge is 0.477 e. The smallest absolute Gasteiger partial charge is 0.228 e. The number of aromatic nitrogens is 1. The second kappa shape index (κ2) is 8.27.